The molecule has 0 atom stereocenters. The van der Waals surface area contributed by atoms with Gasteiger partial charge < -0.3 is 20.2 Å². The van der Waals surface area contributed by atoms with Crippen LogP contribution < -0.4 is 9.47 Å². The summed E-state index contributed by atoms with van der Waals surface area (Å²) in [5, 5.41) is 27.8. The predicted octanol–water partition coefficient (Wildman–Crippen LogP) is 0.814. The number of phenols is 1. The molecule has 0 aliphatic heterocycles. The largest absolute Gasteiger partial charge is 0.619 e. The Morgan fingerprint density at radius 3 is 2.42 bits per heavy atom. The lowest BCUT2D eigenvalue weighted by molar-refractivity contribution is -0.606. The first kappa shape index (κ1) is 14.2. The maximum absolute atomic E-state index is 10.4. The van der Waals surface area contributed by atoms with Gasteiger partial charge in [-0.2, -0.15) is 4.73 Å². The van der Waals surface area contributed by atoms with Crippen molar-refractivity contribution in [1.82, 2.24) is 4.98 Å². The van der Waals surface area contributed by atoms with Crippen molar-refractivity contribution in [3.8, 4) is 11.5 Å². The zero-order valence-corrected chi connectivity index (χ0v) is 10.1. The molecule has 0 spiro atoms. The second-order valence-corrected chi connectivity index (χ2v) is 3.30. The molecule has 7 heteroatoms. The molecule has 0 aliphatic rings. The molecule has 0 unspecified atom stereocenters. The van der Waals surface area contributed by atoms with Crippen molar-refractivity contribution in [2.75, 3.05) is 7.11 Å². The lowest BCUT2D eigenvalue weighted by atomic mass is 10.2. The lowest BCUT2D eigenvalue weighted by Gasteiger charge is -2.02. The summed E-state index contributed by atoms with van der Waals surface area (Å²) in [7, 11) is 1.36. The van der Waals surface area contributed by atoms with Crippen molar-refractivity contribution in [2.45, 2.75) is 0 Å². The van der Waals surface area contributed by atoms with Crippen LogP contribution in [0.4, 0.5) is 0 Å². The van der Waals surface area contributed by atoms with E-state index in [0.29, 0.717) is 4.73 Å². The van der Waals surface area contributed by atoms with E-state index in [0.717, 1.165) is 0 Å². The second kappa shape index (κ2) is 6.80. The van der Waals surface area contributed by atoms with Crippen LogP contribution in [0.3, 0.4) is 0 Å². The minimum absolute atomic E-state index is 0.0671. The van der Waals surface area contributed by atoms with Crippen LogP contribution >= 0.6 is 0 Å². The SMILES string of the molecule is COc1cc(C(=O)O)ccc1O.[O-][n+]1ccncc1. The fourth-order valence-electron chi connectivity index (χ4n) is 1.12. The van der Waals surface area contributed by atoms with Crippen LogP contribution in [0.1, 0.15) is 10.4 Å². The van der Waals surface area contributed by atoms with E-state index in [9.17, 15) is 10.0 Å². The van der Waals surface area contributed by atoms with Crippen LogP contribution in [0.5, 0.6) is 11.5 Å². The Bertz CT molecular complexity index is 545. The van der Waals surface area contributed by atoms with E-state index in [2.05, 4.69) is 4.98 Å². The number of carboxylic acids is 1. The van der Waals surface area contributed by atoms with Gasteiger partial charge in [-0.25, -0.2) is 4.79 Å². The summed E-state index contributed by atoms with van der Waals surface area (Å²) in [5.41, 5.74) is 0.0876. The molecule has 7 nitrogen and oxygen atoms in total. The van der Waals surface area contributed by atoms with Gasteiger partial charge in [0.1, 0.15) is 0 Å². The van der Waals surface area contributed by atoms with Gasteiger partial charge in [0.15, 0.2) is 23.9 Å². The van der Waals surface area contributed by atoms with E-state index in [-0.39, 0.29) is 17.1 Å². The van der Waals surface area contributed by atoms with E-state index in [4.69, 9.17) is 14.9 Å². The van der Waals surface area contributed by atoms with Gasteiger partial charge in [0, 0.05) is 0 Å². The number of benzene rings is 1. The van der Waals surface area contributed by atoms with Crippen molar-refractivity contribution in [3.63, 3.8) is 0 Å². The molecule has 0 radical (unpaired) electrons. The lowest BCUT2D eigenvalue weighted by Crippen LogP contribution is -2.23. The van der Waals surface area contributed by atoms with Crippen LogP contribution in [0, 0.1) is 5.21 Å². The van der Waals surface area contributed by atoms with Gasteiger partial charge in [-0.1, -0.05) is 0 Å². The number of ether oxygens (including phenoxy) is 1. The number of aromatic hydroxyl groups is 1. The number of aromatic carboxylic acids is 1. The molecule has 0 amide bonds. The number of rotatable bonds is 2. The van der Waals surface area contributed by atoms with E-state index >= 15 is 0 Å². The molecule has 0 fully saturated rings. The van der Waals surface area contributed by atoms with Crippen LogP contribution in [-0.4, -0.2) is 28.3 Å². The highest BCUT2D eigenvalue weighted by atomic mass is 16.5. The summed E-state index contributed by atoms with van der Waals surface area (Å²) in [6.45, 7) is 0. The summed E-state index contributed by atoms with van der Waals surface area (Å²) >= 11 is 0. The predicted molar refractivity (Wildman–Crippen MR) is 64.8 cm³/mol. The molecule has 1 aromatic heterocycles. The van der Waals surface area contributed by atoms with Gasteiger partial charge in [0.2, 0.25) is 0 Å². The third kappa shape index (κ3) is 4.50. The maximum atomic E-state index is 10.4. The summed E-state index contributed by atoms with van der Waals surface area (Å²) < 4.78 is 5.41. The molecule has 2 rings (SSSR count). The molecule has 1 heterocycles. The number of aromatic nitrogens is 2. The van der Waals surface area contributed by atoms with Gasteiger partial charge >= 0.3 is 5.97 Å². The topological polar surface area (TPSA) is 107 Å². The smallest absolute Gasteiger partial charge is 0.335 e. The van der Waals surface area contributed by atoms with Gasteiger partial charge in [0.05, 0.1) is 25.1 Å². The first-order valence-electron chi connectivity index (χ1n) is 5.13. The van der Waals surface area contributed by atoms with E-state index in [1.165, 1.54) is 50.1 Å². The number of nitrogens with zero attached hydrogens (tertiary/aromatic N) is 2. The van der Waals surface area contributed by atoms with Crippen LogP contribution in [0.2, 0.25) is 0 Å². The van der Waals surface area contributed by atoms with Crippen molar-refractivity contribution in [1.29, 1.82) is 0 Å². The van der Waals surface area contributed by atoms with E-state index in [1.807, 2.05) is 0 Å². The van der Waals surface area contributed by atoms with Gasteiger partial charge in [-0.3, -0.25) is 4.98 Å². The Hall–Kier alpha value is -2.83. The summed E-state index contributed by atoms with van der Waals surface area (Å²) in [6.07, 6.45) is 5.54. The molecule has 1 aromatic carbocycles. The Balaban J connectivity index is 0.000000218. The average Bonchev–Trinajstić information content (AvgIpc) is 2.40. The van der Waals surface area contributed by atoms with Crippen molar-refractivity contribution >= 4 is 5.97 Å². The quantitative estimate of drug-likeness (QED) is 0.614. The highest BCUT2D eigenvalue weighted by molar-refractivity contribution is 5.88. The molecular weight excluding hydrogens is 252 g/mol. The summed E-state index contributed by atoms with van der Waals surface area (Å²) in [5.74, 6) is -0.953. The third-order valence-corrected chi connectivity index (χ3v) is 2.03. The standard InChI is InChI=1S/C8H8O4.C4H4N2O/c1-12-7-4-5(8(10)11)2-3-6(7)9;7-6-3-1-5-2-4-6/h2-4,9H,1H3,(H,10,11);1-4H. The molecule has 2 aromatic rings. The summed E-state index contributed by atoms with van der Waals surface area (Å²) in [6, 6.07) is 3.85. The Morgan fingerprint density at radius 1 is 1.37 bits per heavy atom. The van der Waals surface area contributed by atoms with Crippen molar-refractivity contribution < 1.29 is 24.5 Å². The van der Waals surface area contributed by atoms with Gasteiger partial charge in [-0.15, -0.1) is 0 Å². The van der Waals surface area contributed by atoms with Crippen molar-refractivity contribution in [2.24, 2.45) is 0 Å². The van der Waals surface area contributed by atoms with Crippen LogP contribution in [-0.2, 0) is 0 Å². The fourth-order valence-corrected chi connectivity index (χ4v) is 1.12. The number of hydrogen-bond donors (Lipinski definition) is 2. The molecule has 19 heavy (non-hydrogen) atoms. The molecule has 100 valence electrons. The molecular formula is C12H12N2O5. The Morgan fingerprint density at radius 2 is 2.00 bits per heavy atom. The van der Waals surface area contributed by atoms with Crippen LogP contribution in [0.15, 0.2) is 43.0 Å². The number of carboxylic acid groups (broad SMARTS) is 1. The first-order valence-corrected chi connectivity index (χ1v) is 5.13. The van der Waals surface area contributed by atoms with E-state index < -0.39 is 5.97 Å². The van der Waals surface area contributed by atoms with E-state index in [1.54, 1.807) is 0 Å². The molecule has 2 N–H and O–H groups in total. The number of methoxy groups -OCH3 is 1. The van der Waals surface area contributed by atoms with Gasteiger partial charge in [-0.05, 0) is 18.2 Å². The molecule has 0 bridgehead atoms. The molecule has 0 aliphatic carbocycles. The fraction of sp³-hybridized carbons (Fsp3) is 0.0833. The highest BCUT2D eigenvalue weighted by Gasteiger charge is 2.06. The van der Waals surface area contributed by atoms with Gasteiger partial charge in [0.25, 0.3) is 0 Å². The number of carbonyl (C=O) groups is 1. The minimum atomic E-state index is -1.05. The second-order valence-electron chi connectivity index (χ2n) is 3.30. The zero-order valence-electron chi connectivity index (χ0n) is 10.1. The molecule has 0 saturated heterocycles. The first-order chi connectivity index (χ1) is 9.04. The van der Waals surface area contributed by atoms with Crippen LogP contribution in [0.25, 0.3) is 0 Å². The normalized spacial score (nSPS) is 9.11. The Labute approximate surface area is 108 Å². The number of phenolic OH excluding ortho intramolecular Hbond substituents is 1. The zero-order chi connectivity index (χ0) is 14.3. The Kier molecular flexibility index (Phi) is 5.09. The monoisotopic (exact) mass is 264 g/mol. The highest BCUT2D eigenvalue weighted by Crippen LogP contribution is 2.25. The summed E-state index contributed by atoms with van der Waals surface area (Å²) in [4.78, 5) is 14.1. The average molecular weight is 264 g/mol. The molecule has 0 saturated carbocycles. The number of hydrogen-bond acceptors (Lipinski definition) is 5. The minimum Gasteiger partial charge on any atom is -0.619 e. The third-order valence-electron chi connectivity index (χ3n) is 2.03. The maximum Gasteiger partial charge on any atom is 0.335 e. The van der Waals surface area contributed by atoms with Crippen molar-refractivity contribution in [3.05, 3.63) is 53.8 Å².